The molecule has 1 rings (SSSR count). The second kappa shape index (κ2) is 4.42. The van der Waals surface area contributed by atoms with Crippen LogP contribution in [0.5, 0.6) is 0 Å². The highest BCUT2D eigenvalue weighted by atomic mass is 15.1. The first-order valence-corrected chi connectivity index (χ1v) is 4.98. The minimum absolute atomic E-state index is 0.0723. The fraction of sp³-hybridized carbons (Fsp3) is 0.700. The number of rotatable bonds is 4. The van der Waals surface area contributed by atoms with E-state index in [4.69, 9.17) is 5.73 Å². The quantitative estimate of drug-likeness (QED) is 0.774. The molecule has 2 N–H and O–H groups in total. The molecule has 13 heavy (non-hydrogen) atoms. The monoisotopic (exact) mass is 181 g/mol. The lowest BCUT2D eigenvalue weighted by Gasteiger charge is -2.19. The molecule has 0 aromatic carbocycles. The molecule has 1 aromatic heterocycles. The van der Waals surface area contributed by atoms with Gasteiger partial charge in [-0.05, 0) is 19.8 Å². The van der Waals surface area contributed by atoms with Crippen molar-refractivity contribution in [2.75, 3.05) is 0 Å². The van der Waals surface area contributed by atoms with Gasteiger partial charge in [0.1, 0.15) is 0 Å². The van der Waals surface area contributed by atoms with E-state index in [1.165, 1.54) is 0 Å². The molecule has 0 fully saturated rings. The Kier molecular flexibility index (Phi) is 3.48. The third-order valence-electron chi connectivity index (χ3n) is 2.50. The molecule has 74 valence electrons. The third-order valence-corrected chi connectivity index (χ3v) is 2.50. The van der Waals surface area contributed by atoms with Gasteiger partial charge in [-0.1, -0.05) is 13.8 Å². The molecule has 0 aliphatic heterocycles. The zero-order valence-electron chi connectivity index (χ0n) is 8.70. The Morgan fingerprint density at radius 3 is 2.54 bits per heavy atom. The first-order valence-electron chi connectivity index (χ1n) is 4.98. The molecule has 1 atom stereocenters. The Morgan fingerprint density at radius 1 is 1.46 bits per heavy atom. The van der Waals surface area contributed by atoms with E-state index in [1.54, 1.807) is 0 Å². The zero-order valence-corrected chi connectivity index (χ0v) is 8.70. The standard InChI is InChI=1S/C10H19N3/c1-4-9(5-2)13-7-12-6-10(13)8(3)11/h6-9H,4-5,11H2,1-3H3/t8-/m1/s1. The van der Waals surface area contributed by atoms with Crippen LogP contribution in [0.15, 0.2) is 12.5 Å². The summed E-state index contributed by atoms with van der Waals surface area (Å²) in [4.78, 5) is 4.14. The normalized spacial score (nSPS) is 13.6. The smallest absolute Gasteiger partial charge is 0.0951 e. The lowest BCUT2D eigenvalue weighted by atomic mass is 10.1. The van der Waals surface area contributed by atoms with E-state index >= 15 is 0 Å². The molecule has 3 nitrogen and oxygen atoms in total. The predicted molar refractivity (Wildman–Crippen MR) is 54.4 cm³/mol. The van der Waals surface area contributed by atoms with Crippen LogP contribution in [-0.2, 0) is 0 Å². The SMILES string of the molecule is CCC(CC)n1cncc1[C@@H](C)N. The van der Waals surface area contributed by atoms with Gasteiger partial charge in [-0.25, -0.2) is 4.98 Å². The van der Waals surface area contributed by atoms with Crippen LogP contribution in [0, 0.1) is 0 Å². The lowest BCUT2D eigenvalue weighted by Crippen LogP contribution is -2.15. The average molecular weight is 181 g/mol. The second-order valence-electron chi connectivity index (χ2n) is 3.48. The highest BCUT2D eigenvalue weighted by Crippen LogP contribution is 2.20. The molecular formula is C10H19N3. The summed E-state index contributed by atoms with van der Waals surface area (Å²) in [6, 6.07) is 0.617. The van der Waals surface area contributed by atoms with Gasteiger partial charge < -0.3 is 10.3 Å². The summed E-state index contributed by atoms with van der Waals surface area (Å²) in [5, 5.41) is 0. The van der Waals surface area contributed by atoms with E-state index in [1.807, 2.05) is 19.4 Å². The molecule has 0 radical (unpaired) electrons. The lowest BCUT2D eigenvalue weighted by molar-refractivity contribution is 0.449. The first kappa shape index (κ1) is 10.3. The van der Waals surface area contributed by atoms with Crippen molar-refractivity contribution in [2.24, 2.45) is 5.73 Å². The van der Waals surface area contributed by atoms with Gasteiger partial charge in [0.2, 0.25) is 0 Å². The Bertz CT molecular complexity index is 248. The molecule has 0 aliphatic carbocycles. The maximum atomic E-state index is 5.85. The fourth-order valence-electron chi connectivity index (χ4n) is 1.65. The molecule has 0 spiro atoms. The summed E-state index contributed by atoms with van der Waals surface area (Å²) in [6.45, 7) is 6.38. The molecule has 0 amide bonds. The number of aromatic nitrogens is 2. The van der Waals surface area contributed by atoms with Crippen molar-refractivity contribution >= 4 is 0 Å². The predicted octanol–water partition coefficient (Wildman–Crippen LogP) is 2.26. The van der Waals surface area contributed by atoms with Crippen LogP contribution in [0.1, 0.15) is 51.4 Å². The van der Waals surface area contributed by atoms with Gasteiger partial charge in [0.15, 0.2) is 0 Å². The van der Waals surface area contributed by atoms with Gasteiger partial charge in [-0.15, -0.1) is 0 Å². The summed E-state index contributed by atoms with van der Waals surface area (Å²) in [6.07, 6.45) is 6.01. The van der Waals surface area contributed by atoms with Crippen LogP contribution in [0.4, 0.5) is 0 Å². The Balaban J connectivity index is 2.91. The van der Waals surface area contributed by atoms with E-state index in [-0.39, 0.29) is 6.04 Å². The average Bonchev–Trinajstić information content (AvgIpc) is 2.55. The molecule has 0 saturated carbocycles. The van der Waals surface area contributed by atoms with Gasteiger partial charge in [0, 0.05) is 18.3 Å². The maximum Gasteiger partial charge on any atom is 0.0951 e. The van der Waals surface area contributed by atoms with Crippen molar-refractivity contribution in [2.45, 2.75) is 45.7 Å². The van der Waals surface area contributed by atoms with E-state index in [9.17, 15) is 0 Å². The van der Waals surface area contributed by atoms with Crippen LogP contribution in [-0.4, -0.2) is 9.55 Å². The van der Waals surface area contributed by atoms with Crippen molar-refractivity contribution in [3.05, 3.63) is 18.2 Å². The summed E-state index contributed by atoms with van der Waals surface area (Å²) in [7, 11) is 0. The van der Waals surface area contributed by atoms with E-state index in [0.29, 0.717) is 6.04 Å². The summed E-state index contributed by atoms with van der Waals surface area (Å²) in [5.74, 6) is 0. The van der Waals surface area contributed by atoms with Crippen molar-refractivity contribution in [1.29, 1.82) is 0 Å². The molecule has 1 aromatic rings. The van der Waals surface area contributed by atoms with E-state index < -0.39 is 0 Å². The molecule has 0 unspecified atom stereocenters. The van der Waals surface area contributed by atoms with Gasteiger partial charge in [-0.3, -0.25) is 0 Å². The van der Waals surface area contributed by atoms with Gasteiger partial charge in [-0.2, -0.15) is 0 Å². The minimum Gasteiger partial charge on any atom is -0.330 e. The van der Waals surface area contributed by atoms with Crippen molar-refractivity contribution in [1.82, 2.24) is 9.55 Å². The molecule has 0 saturated heterocycles. The third kappa shape index (κ3) is 2.10. The maximum absolute atomic E-state index is 5.85. The molecule has 3 heteroatoms. The number of hydrogen-bond acceptors (Lipinski definition) is 2. The van der Waals surface area contributed by atoms with E-state index in [0.717, 1.165) is 18.5 Å². The number of imidazole rings is 1. The zero-order chi connectivity index (χ0) is 9.84. The Morgan fingerprint density at radius 2 is 2.08 bits per heavy atom. The van der Waals surface area contributed by atoms with Gasteiger partial charge in [0.05, 0.1) is 12.0 Å². The van der Waals surface area contributed by atoms with Crippen LogP contribution >= 0.6 is 0 Å². The molecule has 1 heterocycles. The number of nitrogens with two attached hydrogens (primary N) is 1. The summed E-state index contributed by atoms with van der Waals surface area (Å²) < 4.78 is 2.20. The molecular weight excluding hydrogens is 162 g/mol. The van der Waals surface area contributed by atoms with E-state index in [2.05, 4.69) is 23.4 Å². The molecule has 0 bridgehead atoms. The topological polar surface area (TPSA) is 43.8 Å². The summed E-state index contributed by atoms with van der Waals surface area (Å²) in [5.41, 5.74) is 6.98. The minimum atomic E-state index is 0.0723. The van der Waals surface area contributed by atoms with Crippen molar-refractivity contribution in [3.63, 3.8) is 0 Å². The Labute approximate surface area is 80.0 Å². The van der Waals surface area contributed by atoms with Crippen LogP contribution in [0.2, 0.25) is 0 Å². The van der Waals surface area contributed by atoms with Gasteiger partial charge in [0.25, 0.3) is 0 Å². The van der Waals surface area contributed by atoms with Crippen LogP contribution in [0.25, 0.3) is 0 Å². The Hall–Kier alpha value is -0.830. The highest BCUT2D eigenvalue weighted by molar-refractivity contribution is 5.04. The first-order chi connectivity index (χ1) is 6.20. The van der Waals surface area contributed by atoms with Crippen LogP contribution in [0.3, 0.4) is 0 Å². The molecule has 0 aliphatic rings. The van der Waals surface area contributed by atoms with Gasteiger partial charge >= 0.3 is 0 Å². The van der Waals surface area contributed by atoms with Crippen LogP contribution < -0.4 is 5.73 Å². The summed E-state index contributed by atoms with van der Waals surface area (Å²) >= 11 is 0. The highest BCUT2D eigenvalue weighted by Gasteiger charge is 2.12. The van der Waals surface area contributed by atoms with Crippen molar-refractivity contribution < 1.29 is 0 Å². The fourth-order valence-corrected chi connectivity index (χ4v) is 1.65. The number of hydrogen-bond donors (Lipinski definition) is 1. The number of nitrogens with zero attached hydrogens (tertiary/aromatic N) is 2. The second-order valence-corrected chi connectivity index (χ2v) is 3.48. The largest absolute Gasteiger partial charge is 0.330 e. The van der Waals surface area contributed by atoms with Crippen molar-refractivity contribution in [3.8, 4) is 0 Å².